The van der Waals surface area contributed by atoms with E-state index >= 15 is 0 Å². The van der Waals surface area contributed by atoms with Crippen molar-refractivity contribution in [2.75, 3.05) is 0 Å². The second kappa shape index (κ2) is 7.39. The summed E-state index contributed by atoms with van der Waals surface area (Å²) in [5.41, 5.74) is 0. The molecule has 6 aromatic rings. The molecule has 6 aromatic carbocycles. The molecule has 1 aliphatic rings. The summed E-state index contributed by atoms with van der Waals surface area (Å²) in [5, 5.41) is 17.2. The van der Waals surface area contributed by atoms with Crippen LogP contribution in [-0.4, -0.2) is 36.1 Å². The highest BCUT2D eigenvalue weighted by Gasteiger charge is 2.13. The molecule has 4 bridgehead atoms. The predicted octanol–water partition coefficient (Wildman–Crippen LogP) is 3.16. The third-order valence-electron chi connectivity index (χ3n) is 6.42. The summed E-state index contributed by atoms with van der Waals surface area (Å²) in [6, 6.07) is 37.2. The van der Waals surface area contributed by atoms with Gasteiger partial charge in [0, 0.05) is 0 Å². The van der Waals surface area contributed by atoms with E-state index in [2.05, 4.69) is 97.1 Å². The molecule has 1 heterocycles. The van der Waals surface area contributed by atoms with Gasteiger partial charge in [0.2, 0.25) is 0 Å². The Labute approximate surface area is 196 Å². The lowest BCUT2D eigenvalue weighted by Crippen LogP contribution is -2.32. The van der Waals surface area contributed by atoms with Crippen LogP contribution < -0.4 is 20.7 Å². The Balaban J connectivity index is 1.53. The SMILES string of the molecule is c1cc2c3cc4c(cccc4cc3c1)[Si][Si]c1cccc3cc4cccc(c4cc13)[Si][Si]2. The summed E-state index contributed by atoms with van der Waals surface area (Å²) in [7, 11) is 3.16. The van der Waals surface area contributed by atoms with Crippen LogP contribution in [0.2, 0.25) is 0 Å². The molecule has 0 nitrogen and oxygen atoms in total. The minimum Gasteiger partial charge on any atom is -0.0632 e. The topological polar surface area (TPSA) is 0 Å². The van der Waals surface area contributed by atoms with Crippen molar-refractivity contribution in [3.8, 4) is 0 Å². The van der Waals surface area contributed by atoms with Gasteiger partial charge in [0.15, 0.2) is 0 Å². The van der Waals surface area contributed by atoms with E-state index < -0.39 is 0 Å². The van der Waals surface area contributed by atoms with E-state index in [1.165, 1.54) is 63.8 Å². The molecule has 0 unspecified atom stereocenters. The first kappa shape index (κ1) is 18.8. The number of hydrogen-bond acceptors (Lipinski definition) is 0. The van der Waals surface area contributed by atoms with Crippen LogP contribution in [0, 0.1) is 0 Å². The van der Waals surface area contributed by atoms with Crippen molar-refractivity contribution in [3.05, 3.63) is 97.1 Å². The molecule has 8 radical (unpaired) electrons. The average molecular weight is 465 g/mol. The lowest BCUT2D eigenvalue weighted by molar-refractivity contribution is 1.81. The molecule has 0 N–H and O–H groups in total. The van der Waals surface area contributed by atoms with Gasteiger partial charge in [-0.2, -0.15) is 0 Å². The van der Waals surface area contributed by atoms with Gasteiger partial charge in [-0.05, 0) is 67.4 Å². The van der Waals surface area contributed by atoms with Crippen LogP contribution in [0.4, 0.5) is 0 Å². The van der Waals surface area contributed by atoms with Crippen LogP contribution in [0.25, 0.3) is 43.1 Å². The summed E-state index contributed by atoms with van der Waals surface area (Å²) in [4.78, 5) is 0. The smallest absolute Gasteiger partial charge is 0.0632 e. The van der Waals surface area contributed by atoms with Gasteiger partial charge >= 0.3 is 0 Å². The van der Waals surface area contributed by atoms with Gasteiger partial charge in [0.05, 0.1) is 36.1 Å². The maximum atomic E-state index is 2.48. The van der Waals surface area contributed by atoms with Crippen LogP contribution in [0.15, 0.2) is 97.1 Å². The standard InChI is InChI=1S/C28H16Si4/c1-5-17-13-18-6-2-11-27-22(18)15-21(17)25(9-1)29-30-26-10-3-7-19-14-20-8-4-12-28(32-31-27)24(20)16-23(19)26/h1-16H. The molecular weight excluding hydrogens is 449 g/mol. The van der Waals surface area contributed by atoms with E-state index in [4.69, 9.17) is 0 Å². The summed E-state index contributed by atoms with van der Waals surface area (Å²) < 4.78 is 0. The number of hydrogen-bond donors (Lipinski definition) is 0. The molecule has 0 aromatic heterocycles. The second-order valence-electron chi connectivity index (χ2n) is 8.31. The molecule has 0 spiro atoms. The van der Waals surface area contributed by atoms with Crippen LogP contribution >= 0.6 is 0 Å². The third kappa shape index (κ3) is 2.98. The molecule has 0 saturated heterocycles. The molecule has 4 heteroatoms. The van der Waals surface area contributed by atoms with Crippen molar-refractivity contribution in [2.24, 2.45) is 0 Å². The van der Waals surface area contributed by atoms with Crippen LogP contribution in [0.1, 0.15) is 0 Å². The Morgan fingerprint density at radius 3 is 0.875 bits per heavy atom. The maximum absolute atomic E-state index is 2.48. The van der Waals surface area contributed by atoms with Crippen molar-refractivity contribution >= 4 is 100.0 Å². The van der Waals surface area contributed by atoms with Crippen LogP contribution in [-0.2, 0) is 0 Å². The van der Waals surface area contributed by atoms with Gasteiger partial charge < -0.3 is 0 Å². The summed E-state index contributed by atoms with van der Waals surface area (Å²) in [6.45, 7) is 0. The van der Waals surface area contributed by atoms with Crippen molar-refractivity contribution in [2.45, 2.75) is 0 Å². The summed E-state index contributed by atoms with van der Waals surface area (Å²) in [5.74, 6) is 0. The normalized spacial score (nSPS) is 13.8. The monoisotopic (exact) mass is 464 g/mol. The highest BCUT2D eigenvalue weighted by molar-refractivity contribution is 7.15. The maximum Gasteiger partial charge on any atom is 0.0720 e. The zero-order chi connectivity index (χ0) is 21.1. The molecule has 0 saturated carbocycles. The third-order valence-corrected chi connectivity index (χ3v) is 13.5. The van der Waals surface area contributed by atoms with Crippen molar-refractivity contribution in [1.82, 2.24) is 0 Å². The lowest BCUT2D eigenvalue weighted by Gasteiger charge is -2.14. The first-order valence-corrected chi connectivity index (χ1v) is 16.8. The molecule has 0 amide bonds. The van der Waals surface area contributed by atoms with Gasteiger partial charge in [0.25, 0.3) is 0 Å². The van der Waals surface area contributed by atoms with Crippen LogP contribution in [0.5, 0.6) is 0 Å². The lowest BCUT2D eigenvalue weighted by atomic mass is 10.0. The molecule has 0 aliphatic carbocycles. The zero-order valence-corrected chi connectivity index (χ0v) is 21.2. The fraction of sp³-hybridized carbons (Fsp3) is 0. The molecule has 144 valence electrons. The number of rotatable bonds is 0. The molecule has 1 aliphatic heterocycles. The van der Waals surface area contributed by atoms with E-state index in [-0.39, 0.29) is 0 Å². The van der Waals surface area contributed by atoms with Gasteiger partial charge in [-0.1, -0.05) is 93.5 Å². The van der Waals surface area contributed by atoms with Gasteiger partial charge in [0.1, 0.15) is 0 Å². The Bertz CT molecular complexity index is 1440. The van der Waals surface area contributed by atoms with E-state index in [1.54, 1.807) is 0 Å². The molecule has 0 atom stereocenters. The second-order valence-corrected chi connectivity index (χ2v) is 14.5. The Morgan fingerprint density at radius 2 is 0.594 bits per heavy atom. The van der Waals surface area contributed by atoms with Crippen molar-refractivity contribution < 1.29 is 0 Å². The van der Waals surface area contributed by atoms with Crippen LogP contribution in [0.3, 0.4) is 0 Å². The minimum absolute atomic E-state index is 0.791. The fourth-order valence-corrected chi connectivity index (χ4v) is 11.7. The first-order valence-electron chi connectivity index (χ1n) is 10.8. The zero-order valence-electron chi connectivity index (χ0n) is 17.2. The average Bonchev–Trinajstić information content (AvgIpc) is 2.83. The Hall–Kier alpha value is -2.77. The highest BCUT2D eigenvalue weighted by Crippen LogP contribution is 2.22. The Kier molecular flexibility index (Phi) is 4.33. The number of benzene rings is 6. The molecule has 7 rings (SSSR count). The van der Waals surface area contributed by atoms with E-state index in [1.807, 2.05) is 0 Å². The van der Waals surface area contributed by atoms with Crippen molar-refractivity contribution in [3.63, 3.8) is 0 Å². The van der Waals surface area contributed by atoms with E-state index in [0.29, 0.717) is 0 Å². The fourth-order valence-electron chi connectivity index (χ4n) is 4.81. The first-order chi connectivity index (χ1) is 15.8. The predicted molar refractivity (Wildman–Crippen MR) is 144 cm³/mol. The highest BCUT2D eigenvalue weighted by atomic mass is 29.1. The van der Waals surface area contributed by atoms with Gasteiger partial charge in [-0.25, -0.2) is 0 Å². The minimum atomic E-state index is 0.791. The quantitative estimate of drug-likeness (QED) is 0.239. The molecular formula is C28H16Si4. The van der Waals surface area contributed by atoms with Crippen molar-refractivity contribution in [1.29, 1.82) is 0 Å². The summed E-state index contributed by atoms with van der Waals surface area (Å²) >= 11 is 0. The largest absolute Gasteiger partial charge is 0.0720 e. The Morgan fingerprint density at radius 1 is 0.312 bits per heavy atom. The van der Waals surface area contributed by atoms with Gasteiger partial charge in [-0.15, -0.1) is 0 Å². The van der Waals surface area contributed by atoms with Gasteiger partial charge in [-0.3, -0.25) is 0 Å². The molecule has 0 fully saturated rings. The van der Waals surface area contributed by atoms with E-state index in [9.17, 15) is 0 Å². The molecule has 32 heavy (non-hydrogen) atoms. The summed E-state index contributed by atoms with van der Waals surface area (Å²) in [6.07, 6.45) is 0. The van der Waals surface area contributed by atoms with E-state index in [0.717, 1.165) is 36.1 Å².